The Balaban J connectivity index is 0.901. The summed E-state index contributed by atoms with van der Waals surface area (Å²) in [7, 11) is 0. The van der Waals surface area contributed by atoms with Crippen LogP contribution in [0.15, 0.2) is 340 Å². The summed E-state index contributed by atoms with van der Waals surface area (Å²) in [6.45, 7) is -0.114. The van der Waals surface area contributed by atoms with Crippen LogP contribution in [0, 0.1) is 11.3 Å². The fourth-order valence-corrected chi connectivity index (χ4v) is 14.7. The zero-order valence-electron chi connectivity index (χ0n) is 52.0. The molecule has 14 aromatic carbocycles. The highest BCUT2D eigenvalue weighted by Gasteiger charge is 2.44. The average Bonchev–Trinajstić information content (AvgIpc) is 0.757. The molecular formula is C88H56BN7. The maximum atomic E-state index is 11.1. The van der Waals surface area contributed by atoms with E-state index in [2.05, 4.69) is 287 Å². The zero-order chi connectivity index (χ0) is 63.6. The van der Waals surface area contributed by atoms with Gasteiger partial charge in [0.15, 0.2) is 17.5 Å². The van der Waals surface area contributed by atoms with E-state index in [0.29, 0.717) is 28.6 Å². The van der Waals surface area contributed by atoms with Crippen LogP contribution in [0.2, 0.25) is 0 Å². The molecule has 2 aromatic heterocycles. The molecule has 96 heavy (non-hydrogen) atoms. The quantitative estimate of drug-likeness (QED) is 0.120. The first-order chi connectivity index (χ1) is 47.6. The van der Waals surface area contributed by atoms with Crippen LogP contribution in [0.4, 0.5) is 34.1 Å². The molecule has 2 aliphatic rings. The van der Waals surface area contributed by atoms with E-state index in [1.54, 1.807) is 0 Å². The molecule has 0 N–H and O–H groups in total. The normalized spacial score (nSPS) is 12.1. The number of benzene rings is 14. The molecule has 0 amide bonds. The standard InChI is InChI=1S/C88H56BN7/c90-57-65-38-25-45-81(84(65)88-92-86(62-34-15-5-16-35-62)91-87(93-88)63-36-17-6-18-37-63)96-77-42-22-19-39-73(77)74-54-64(46-47-78(74)96)70-55-82-85-83(56-70)95(72-52-68(60-30-11-3-12-31-60)49-69(53-72)61-32-13-4-14-33-61)80-44-24-21-41-76(80)89(85)75-40-20-23-43-79(75)94(82)71-50-66(58-26-7-1-8-27-58)48-67(51-71)59-28-9-2-10-29-59/h1-56H. The molecule has 18 rings (SSSR count). The van der Waals surface area contributed by atoms with Crippen LogP contribution < -0.4 is 26.2 Å². The van der Waals surface area contributed by atoms with Crippen LogP contribution in [0.25, 0.3) is 117 Å². The topological polar surface area (TPSA) is 73.9 Å². The van der Waals surface area contributed by atoms with Crippen molar-refractivity contribution in [2.75, 3.05) is 9.80 Å². The van der Waals surface area contributed by atoms with E-state index < -0.39 is 0 Å². The average molecular weight is 1220 g/mol. The summed E-state index contributed by atoms with van der Waals surface area (Å²) < 4.78 is 2.28. The van der Waals surface area contributed by atoms with Crippen LogP contribution >= 0.6 is 0 Å². The van der Waals surface area contributed by atoms with Crippen molar-refractivity contribution in [2.24, 2.45) is 0 Å². The van der Waals surface area contributed by atoms with Gasteiger partial charge < -0.3 is 14.4 Å². The highest BCUT2D eigenvalue weighted by Crippen LogP contribution is 2.50. The second-order valence-electron chi connectivity index (χ2n) is 24.6. The first-order valence-corrected chi connectivity index (χ1v) is 32.5. The smallest absolute Gasteiger partial charge is 0.252 e. The third-order valence-corrected chi connectivity index (χ3v) is 19.0. The Morgan fingerprint density at radius 2 is 0.656 bits per heavy atom. The molecular weight excluding hydrogens is 1170 g/mol. The number of nitrogens with zero attached hydrogens (tertiary/aromatic N) is 7. The third kappa shape index (κ3) is 9.56. The van der Waals surface area contributed by atoms with Gasteiger partial charge in [0.2, 0.25) is 0 Å². The van der Waals surface area contributed by atoms with Crippen molar-refractivity contribution >= 4 is 79.0 Å². The van der Waals surface area contributed by atoms with E-state index in [0.717, 1.165) is 128 Å². The molecule has 2 aliphatic heterocycles. The number of aromatic nitrogens is 4. The molecule has 446 valence electrons. The molecule has 8 heteroatoms. The summed E-state index contributed by atoms with van der Waals surface area (Å²) in [6, 6.07) is 124. The van der Waals surface area contributed by atoms with Gasteiger partial charge in [-0.3, -0.25) is 0 Å². The Morgan fingerprint density at radius 3 is 1.12 bits per heavy atom. The minimum atomic E-state index is -0.114. The first-order valence-electron chi connectivity index (χ1n) is 32.5. The summed E-state index contributed by atoms with van der Waals surface area (Å²) in [4.78, 5) is 20.6. The number of para-hydroxylation sites is 3. The van der Waals surface area contributed by atoms with Crippen molar-refractivity contribution in [3.05, 3.63) is 345 Å². The molecule has 0 spiro atoms. The number of fused-ring (bicyclic) bond motifs is 7. The van der Waals surface area contributed by atoms with E-state index in [-0.39, 0.29) is 6.71 Å². The fraction of sp³-hybridized carbons (Fsp3) is 0. The lowest BCUT2D eigenvalue weighted by atomic mass is 9.33. The van der Waals surface area contributed by atoms with Gasteiger partial charge in [0.05, 0.1) is 33.9 Å². The first kappa shape index (κ1) is 55.9. The Morgan fingerprint density at radius 1 is 0.271 bits per heavy atom. The lowest BCUT2D eigenvalue weighted by Crippen LogP contribution is -2.61. The van der Waals surface area contributed by atoms with Gasteiger partial charge in [0.1, 0.15) is 0 Å². The van der Waals surface area contributed by atoms with Crippen molar-refractivity contribution in [3.8, 4) is 102 Å². The Hall–Kier alpha value is -13.0. The van der Waals surface area contributed by atoms with Crippen molar-refractivity contribution in [1.82, 2.24) is 19.5 Å². The maximum absolute atomic E-state index is 11.1. The van der Waals surface area contributed by atoms with Crippen LogP contribution in [0.3, 0.4) is 0 Å². The van der Waals surface area contributed by atoms with Gasteiger partial charge in [-0.25, -0.2) is 15.0 Å². The van der Waals surface area contributed by atoms with Gasteiger partial charge in [-0.15, -0.1) is 0 Å². The Labute approximate surface area is 557 Å². The zero-order valence-corrected chi connectivity index (χ0v) is 52.0. The van der Waals surface area contributed by atoms with Crippen molar-refractivity contribution in [3.63, 3.8) is 0 Å². The lowest BCUT2D eigenvalue weighted by molar-refractivity contribution is 1.06. The van der Waals surface area contributed by atoms with Crippen LogP contribution in [0.5, 0.6) is 0 Å². The number of rotatable bonds is 11. The van der Waals surface area contributed by atoms with Crippen molar-refractivity contribution < 1.29 is 0 Å². The molecule has 0 fully saturated rings. The predicted molar refractivity (Wildman–Crippen MR) is 396 cm³/mol. The van der Waals surface area contributed by atoms with E-state index in [4.69, 9.17) is 15.0 Å². The molecule has 0 radical (unpaired) electrons. The molecule has 0 saturated carbocycles. The molecule has 16 aromatic rings. The second kappa shape index (κ2) is 23.3. The minimum Gasteiger partial charge on any atom is -0.311 e. The molecule has 7 nitrogen and oxygen atoms in total. The summed E-state index contributed by atoms with van der Waals surface area (Å²) in [5.74, 6) is 1.45. The number of nitriles is 1. The summed E-state index contributed by atoms with van der Waals surface area (Å²) in [5.41, 5.74) is 26.9. The highest BCUT2D eigenvalue weighted by atomic mass is 15.2. The summed E-state index contributed by atoms with van der Waals surface area (Å²) >= 11 is 0. The lowest BCUT2D eigenvalue weighted by Gasteiger charge is -2.44. The summed E-state index contributed by atoms with van der Waals surface area (Å²) in [5, 5.41) is 13.3. The number of hydrogen-bond donors (Lipinski definition) is 0. The van der Waals surface area contributed by atoms with Gasteiger partial charge >= 0.3 is 0 Å². The minimum absolute atomic E-state index is 0.114. The maximum Gasteiger partial charge on any atom is 0.252 e. The second-order valence-corrected chi connectivity index (χ2v) is 24.6. The van der Waals surface area contributed by atoms with Gasteiger partial charge in [-0.2, -0.15) is 5.26 Å². The van der Waals surface area contributed by atoms with Crippen LogP contribution in [-0.2, 0) is 0 Å². The van der Waals surface area contributed by atoms with E-state index in [1.807, 2.05) is 72.8 Å². The third-order valence-electron chi connectivity index (χ3n) is 19.0. The van der Waals surface area contributed by atoms with Crippen molar-refractivity contribution in [2.45, 2.75) is 0 Å². The monoisotopic (exact) mass is 1220 g/mol. The van der Waals surface area contributed by atoms with Crippen LogP contribution in [0.1, 0.15) is 5.56 Å². The van der Waals surface area contributed by atoms with Gasteiger partial charge in [0, 0.05) is 56.0 Å². The van der Waals surface area contributed by atoms with Gasteiger partial charge in [0.25, 0.3) is 6.71 Å². The van der Waals surface area contributed by atoms with E-state index >= 15 is 0 Å². The number of anilines is 6. The van der Waals surface area contributed by atoms with Gasteiger partial charge in [-0.1, -0.05) is 249 Å². The summed E-state index contributed by atoms with van der Waals surface area (Å²) in [6.07, 6.45) is 0. The molecule has 0 aliphatic carbocycles. The molecule has 0 unspecified atom stereocenters. The molecule has 4 heterocycles. The predicted octanol–water partition coefficient (Wildman–Crippen LogP) is 20.3. The number of hydrogen-bond acceptors (Lipinski definition) is 6. The Bertz CT molecular complexity index is 5360. The Kier molecular flexibility index (Phi) is 13.6. The SMILES string of the molecule is N#Cc1cccc(-n2c3ccccc3c3cc(-c4cc5c6c(c4)N(c4cc(-c7ccccc7)cc(-c7ccccc7)c4)c4ccccc4B6c4ccccc4N5c4cc(-c5ccccc5)cc(-c5ccccc5)c4)ccc32)c1-c1nc(-c2ccccc2)nc(-c2ccccc2)n1. The molecule has 0 bridgehead atoms. The fourth-order valence-electron chi connectivity index (χ4n) is 14.7. The van der Waals surface area contributed by atoms with Gasteiger partial charge in [-0.05, 0) is 163 Å². The van der Waals surface area contributed by atoms with E-state index in [1.165, 1.54) is 16.4 Å². The van der Waals surface area contributed by atoms with Crippen LogP contribution in [-0.4, -0.2) is 26.2 Å². The van der Waals surface area contributed by atoms with E-state index in [9.17, 15) is 5.26 Å². The van der Waals surface area contributed by atoms with Crippen molar-refractivity contribution in [1.29, 1.82) is 5.26 Å². The molecule has 0 saturated heterocycles. The largest absolute Gasteiger partial charge is 0.311 e. The highest BCUT2D eigenvalue weighted by molar-refractivity contribution is 7.00. The molecule has 0 atom stereocenters.